The summed E-state index contributed by atoms with van der Waals surface area (Å²) in [6, 6.07) is 6.09. The highest BCUT2D eigenvalue weighted by molar-refractivity contribution is 5.81. The van der Waals surface area contributed by atoms with E-state index < -0.39 is 0 Å². The van der Waals surface area contributed by atoms with Crippen LogP contribution < -0.4 is 4.74 Å². The summed E-state index contributed by atoms with van der Waals surface area (Å²) in [4.78, 5) is 16.6. The number of hydrogen-bond donors (Lipinski definition) is 0. The average Bonchev–Trinajstić information content (AvgIpc) is 3.15. The van der Waals surface area contributed by atoms with E-state index in [2.05, 4.69) is 4.90 Å². The molecular weight excluding hydrogens is 311 g/mol. The topological polar surface area (TPSA) is 42.0 Å². The lowest BCUT2D eigenvalue weighted by Gasteiger charge is -2.35. The van der Waals surface area contributed by atoms with Crippen molar-refractivity contribution in [3.8, 4) is 5.75 Å². The van der Waals surface area contributed by atoms with Gasteiger partial charge in [0.25, 0.3) is 5.91 Å². The Morgan fingerprint density at radius 3 is 2.62 bits per heavy atom. The SMILES string of the molecule is O=C(C1CCCO1)N1CCN(CCCOc2ccc(F)cc2)CC1. The Bertz CT molecular complexity index is 524. The molecule has 1 atom stereocenters. The Hall–Kier alpha value is -1.66. The summed E-state index contributed by atoms with van der Waals surface area (Å²) in [5.74, 6) is 0.605. The number of benzene rings is 1. The standard InChI is InChI=1S/C18H25FN2O3/c19-15-4-6-16(7-5-15)23-14-2-8-20-9-11-21(12-10-20)18(22)17-3-1-13-24-17/h4-7,17H,1-3,8-14H2. The second kappa shape index (κ2) is 8.44. The predicted molar refractivity (Wildman–Crippen MR) is 88.5 cm³/mol. The lowest BCUT2D eigenvalue weighted by molar-refractivity contribution is -0.142. The van der Waals surface area contributed by atoms with Crippen LogP contribution in [0.4, 0.5) is 4.39 Å². The molecule has 1 aromatic rings. The Morgan fingerprint density at radius 2 is 1.96 bits per heavy atom. The van der Waals surface area contributed by atoms with Crippen LogP contribution in [-0.4, -0.2) is 67.7 Å². The second-order valence-corrected chi connectivity index (χ2v) is 6.32. The minimum Gasteiger partial charge on any atom is -0.494 e. The van der Waals surface area contributed by atoms with Gasteiger partial charge in [-0.2, -0.15) is 0 Å². The fraction of sp³-hybridized carbons (Fsp3) is 0.611. The molecule has 2 fully saturated rings. The number of amides is 1. The van der Waals surface area contributed by atoms with Crippen molar-refractivity contribution >= 4 is 5.91 Å². The molecule has 132 valence electrons. The molecule has 24 heavy (non-hydrogen) atoms. The molecule has 0 aromatic heterocycles. The molecule has 0 bridgehead atoms. The van der Waals surface area contributed by atoms with Gasteiger partial charge >= 0.3 is 0 Å². The molecule has 3 rings (SSSR count). The lowest BCUT2D eigenvalue weighted by Crippen LogP contribution is -2.51. The third-order valence-electron chi connectivity index (χ3n) is 4.59. The van der Waals surface area contributed by atoms with Gasteiger partial charge in [-0.1, -0.05) is 0 Å². The summed E-state index contributed by atoms with van der Waals surface area (Å²) in [5.41, 5.74) is 0. The van der Waals surface area contributed by atoms with E-state index in [1.54, 1.807) is 12.1 Å². The summed E-state index contributed by atoms with van der Waals surface area (Å²) >= 11 is 0. The van der Waals surface area contributed by atoms with Crippen LogP contribution in [0.1, 0.15) is 19.3 Å². The Labute approximate surface area is 142 Å². The highest BCUT2D eigenvalue weighted by atomic mass is 19.1. The summed E-state index contributed by atoms with van der Waals surface area (Å²) in [7, 11) is 0. The smallest absolute Gasteiger partial charge is 0.251 e. The molecule has 0 spiro atoms. The van der Waals surface area contributed by atoms with Crippen LogP contribution in [0, 0.1) is 5.82 Å². The molecule has 1 amide bonds. The van der Waals surface area contributed by atoms with Gasteiger partial charge in [0.05, 0.1) is 6.61 Å². The van der Waals surface area contributed by atoms with E-state index in [1.807, 2.05) is 4.90 Å². The maximum atomic E-state index is 12.8. The number of rotatable bonds is 6. The zero-order chi connectivity index (χ0) is 16.8. The van der Waals surface area contributed by atoms with E-state index in [4.69, 9.17) is 9.47 Å². The van der Waals surface area contributed by atoms with Crippen molar-refractivity contribution in [1.82, 2.24) is 9.80 Å². The van der Waals surface area contributed by atoms with Crippen LogP contribution in [0.2, 0.25) is 0 Å². The first-order chi connectivity index (χ1) is 11.7. The number of piperazine rings is 1. The van der Waals surface area contributed by atoms with Crippen molar-refractivity contribution < 1.29 is 18.7 Å². The first kappa shape index (κ1) is 17.2. The molecule has 1 aromatic carbocycles. The van der Waals surface area contributed by atoms with Crippen molar-refractivity contribution in [1.29, 1.82) is 0 Å². The maximum Gasteiger partial charge on any atom is 0.251 e. The van der Waals surface area contributed by atoms with Crippen LogP contribution in [0.3, 0.4) is 0 Å². The van der Waals surface area contributed by atoms with Gasteiger partial charge in [-0.15, -0.1) is 0 Å². The van der Waals surface area contributed by atoms with Gasteiger partial charge in [-0.25, -0.2) is 4.39 Å². The van der Waals surface area contributed by atoms with Gasteiger partial charge < -0.3 is 14.4 Å². The van der Waals surface area contributed by atoms with E-state index in [-0.39, 0.29) is 17.8 Å². The quantitative estimate of drug-likeness (QED) is 0.745. The van der Waals surface area contributed by atoms with Crippen molar-refractivity contribution in [3.05, 3.63) is 30.1 Å². The number of ether oxygens (including phenoxy) is 2. The summed E-state index contributed by atoms with van der Waals surface area (Å²) in [5, 5.41) is 0. The van der Waals surface area contributed by atoms with Crippen molar-refractivity contribution in [2.24, 2.45) is 0 Å². The van der Waals surface area contributed by atoms with Gasteiger partial charge in [0.2, 0.25) is 0 Å². The molecule has 2 saturated heterocycles. The average molecular weight is 336 g/mol. The number of nitrogens with zero attached hydrogens (tertiary/aromatic N) is 2. The third kappa shape index (κ3) is 4.68. The van der Waals surface area contributed by atoms with E-state index >= 15 is 0 Å². The van der Waals surface area contributed by atoms with Crippen LogP contribution in [0.5, 0.6) is 5.75 Å². The highest BCUT2D eigenvalue weighted by Gasteiger charge is 2.30. The monoisotopic (exact) mass is 336 g/mol. The van der Waals surface area contributed by atoms with Gasteiger partial charge in [-0.3, -0.25) is 9.69 Å². The molecular formula is C18H25FN2O3. The fourth-order valence-electron chi connectivity index (χ4n) is 3.18. The minimum atomic E-state index is -0.252. The largest absolute Gasteiger partial charge is 0.494 e. The molecule has 1 unspecified atom stereocenters. The zero-order valence-corrected chi connectivity index (χ0v) is 14.0. The lowest BCUT2D eigenvalue weighted by atomic mass is 10.2. The van der Waals surface area contributed by atoms with Crippen molar-refractivity contribution in [2.45, 2.75) is 25.4 Å². The summed E-state index contributed by atoms with van der Waals surface area (Å²) in [6.07, 6.45) is 2.56. The predicted octanol–water partition coefficient (Wildman–Crippen LogP) is 1.92. The van der Waals surface area contributed by atoms with Gasteiger partial charge in [0.1, 0.15) is 17.7 Å². The van der Waals surface area contributed by atoms with Crippen LogP contribution in [0.25, 0.3) is 0 Å². The molecule has 5 nitrogen and oxygen atoms in total. The van der Waals surface area contributed by atoms with E-state index in [0.717, 1.165) is 52.0 Å². The minimum absolute atomic E-state index is 0.159. The first-order valence-electron chi connectivity index (χ1n) is 8.73. The molecule has 0 radical (unpaired) electrons. The summed E-state index contributed by atoms with van der Waals surface area (Å²) < 4.78 is 23.9. The van der Waals surface area contributed by atoms with Gasteiger partial charge in [-0.05, 0) is 43.5 Å². The van der Waals surface area contributed by atoms with Crippen LogP contribution in [0.15, 0.2) is 24.3 Å². The zero-order valence-electron chi connectivity index (χ0n) is 14.0. The van der Waals surface area contributed by atoms with Crippen LogP contribution in [-0.2, 0) is 9.53 Å². The summed E-state index contributed by atoms with van der Waals surface area (Å²) in [6.45, 7) is 5.62. The number of carbonyl (C=O) groups is 1. The normalized spacial score (nSPS) is 21.9. The fourth-order valence-corrected chi connectivity index (χ4v) is 3.18. The second-order valence-electron chi connectivity index (χ2n) is 6.32. The molecule has 2 aliphatic heterocycles. The Morgan fingerprint density at radius 1 is 1.21 bits per heavy atom. The molecule has 2 aliphatic rings. The maximum absolute atomic E-state index is 12.8. The Kier molecular flexibility index (Phi) is 6.04. The molecule has 6 heteroatoms. The molecule has 0 N–H and O–H groups in total. The van der Waals surface area contributed by atoms with E-state index in [0.29, 0.717) is 19.0 Å². The molecule has 2 heterocycles. The van der Waals surface area contributed by atoms with Gasteiger partial charge in [0.15, 0.2) is 0 Å². The van der Waals surface area contributed by atoms with Gasteiger partial charge in [0, 0.05) is 39.3 Å². The number of halogens is 1. The number of hydrogen-bond acceptors (Lipinski definition) is 4. The molecule has 0 aliphatic carbocycles. The van der Waals surface area contributed by atoms with Crippen molar-refractivity contribution in [3.63, 3.8) is 0 Å². The van der Waals surface area contributed by atoms with Crippen molar-refractivity contribution in [2.75, 3.05) is 45.9 Å². The Balaban J connectivity index is 1.31. The first-order valence-corrected chi connectivity index (χ1v) is 8.73. The molecule has 0 saturated carbocycles. The van der Waals surface area contributed by atoms with Crippen LogP contribution >= 0.6 is 0 Å². The third-order valence-corrected chi connectivity index (χ3v) is 4.59. The van der Waals surface area contributed by atoms with E-state index in [1.165, 1.54) is 12.1 Å². The number of carbonyl (C=O) groups excluding carboxylic acids is 1. The van der Waals surface area contributed by atoms with E-state index in [9.17, 15) is 9.18 Å². The highest BCUT2D eigenvalue weighted by Crippen LogP contribution is 2.16.